The van der Waals surface area contributed by atoms with Gasteiger partial charge in [-0.1, -0.05) is 35.5 Å². The van der Waals surface area contributed by atoms with E-state index < -0.39 is 0 Å². The topological polar surface area (TPSA) is 68.0 Å². The second-order valence-corrected chi connectivity index (χ2v) is 6.50. The number of thiophene rings is 1. The van der Waals surface area contributed by atoms with Gasteiger partial charge in [0.1, 0.15) is 0 Å². The maximum absolute atomic E-state index is 12.3. The Morgan fingerprint density at radius 3 is 2.73 bits per heavy atom. The van der Waals surface area contributed by atoms with E-state index in [4.69, 9.17) is 4.52 Å². The molecule has 3 heterocycles. The van der Waals surface area contributed by atoms with Gasteiger partial charge >= 0.3 is 0 Å². The average molecular weight is 361 g/mol. The largest absolute Gasteiger partial charge is 0.355 e. The summed E-state index contributed by atoms with van der Waals surface area (Å²) in [5.41, 5.74) is 4.22. The van der Waals surface area contributed by atoms with Crippen molar-refractivity contribution in [2.75, 3.05) is 0 Å². The van der Waals surface area contributed by atoms with Crippen molar-refractivity contribution in [3.63, 3.8) is 0 Å². The van der Waals surface area contributed by atoms with Crippen LogP contribution >= 0.6 is 11.3 Å². The van der Waals surface area contributed by atoms with Crippen LogP contribution in [0.3, 0.4) is 0 Å². The second-order valence-electron chi connectivity index (χ2n) is 5.72. The molecule has 4 rings (SSSR count). The molecule has 0 fully saturated rings. The first-order valence-corrected chi connectivity index (χ1v) is 9.01. The van der Waals surface area contributed by atoms with Gasteiger partial charge in [0, 0.05) is 36.1 Å². The van der Waals surface area contributed by atoms with Crippen molar-refractivity contribution in [3.05, 3.63) is 82.9 Å². The summed E-state index contributed by atoms with van der Waals surface area (Å²) in [5.74, 6) is 0.286. The summed E-state index contributed by atoms with van der Waals surface area (Å²) in [4.78, 5) is 16.6. The van der Waals surface area contributed by atoms with E-state index in [1.807, 2.05) is 54.0 Å². The van der Waals surface area contributed by atoms with E-state index in [1.54, 1.807) is 23.6 Å². The second kappa shape index (κ2) is 7.33. The van der Waals surface area contributed by atoms with Gasteiger partial charge in [-0.15, -0.1) is 0 Å². The number of carbonyl (C=O) groups excluding carboxylic acids is 1. The number of benzene rings is 1. The minimum Gasteiger partial charge on any atom is -0.355 e. The Morgan fingerprint density at radius 1 is 1.04 bits per heavy atom. The predicted octanol–water partition coefficient (Wildman–Crippen LogP) is 4.40. The van der Waals surface area contributed by atoms with Crippen LogP contribution < -0.4 is 5.32 Å². The summed E-state index contributed by atoms with van der Waals surface area (Å²) in [7, 11) is 0. The lowest BCUT2D eigenvalue weighted by atomic mass is 10.1. The molecule has 26 heavy (non-hydrogen) atoms. The third-order valence-corrected chi connectivity index (χ3v) is 4.59. The molecule has 0 atom stereocenters. The van der Waals surface area contributed by atoms with Gasteiger partial charge in [-0.2, -0.15) is 11.3 Å². The number of carbonyl (C=O) groups is 1. The van der Waals surface area contributed by atoms with Crippen LogP contribution in [0.1, 0.15) is 16.1 Å². The Kier molecular flexibility index (Phi) is 4.57. The number of amides is 1. The van der Waals surface area contributed by atoms with Gasteiger partial charge in [-0.25, -0.2) is 0 Å². The molecule has 1 amide bonds. The van der Waals surface area contributed by atoms with Crippen molar-refractivity contribution in [2.45, 2.75) is 6.54 Å². The predicted molar refractivity (Wildman–Crippen MR) is 101 cm³/mol. The van der Waals surface area contributed by atoms with Crippen LogP contribution in [0.15, 0.2) is 76.2 Å². The molecular weight excluding hydrogens is 346 g/mol. The van der Waals surface area contributed by atoms with Crippen LogP contribution in [0.5, 0.6) is 0 Å². The lowest BCUT2D eigenvalue weighted by Gasteiger charge is -2.05. The molecule has 6 heteroatoms. The molecule has 0 saturated heterocycles. The number of nitrogens with one attached hydrogen (secondary N) is 1. The number of aromatic nitrogens is 2. The summed E-state index contributed by atoms with van der Waals surface area (Å²) in [6, 6.07) is 15.3. The van der Waals surface area contributed by atoms with Gasteiger partial charge in [-0.05, 0) is 34.0 Å². The fourth-order valence-corrected chi connectivity index (χ4v) is 3.23. The normalized spacial score (nSPS) is 10.6. The van der Waals surface area contributed by atoms with Crippen molar-refractivity contribution in [2.24, 2.45) is 0 Å². The fourth-order valence-electron chi connectivity index (χ4n) is 2.56. The van der Waals surface area contributed by atoms with Gasteiger partial charge < -0.3 is 9.84 Å². The molecule has 0 aliphatic heterocycles. The average Bonchev–Trinajstić information content (AvgIpc) is 3.39. The van der Waals surface area contributed by atoms with E-state index in [1.165, 1.54) is 0 Å². The van der Waals surface area contributed by atoms with Crippen LogP contribution in [0.2, 0.25) is 0 Å². The Hall–Kier alpha value is -3.25. The Labute approximate surface area is 154 Å². The number of pyridine rings is 1. The molecule has 1 aromatic carbocycles. The fraction of sp³-hybridized carbons (Fsp3) is 0.0500. The molecular formula is C20H15N3O2S. The van der Waals surface area contributed by atoms with E-state index >= 15 is 0 Å². The molecule has 1 N–H and O–H groups in total. The van der Waals surface area contributed by atoms with Crippen LogP contribution in [0.25, 0.3) is 22.5 Å². The highest BCUT2D eigenvalue weighted by Gasteiger charge is 2.13. The lowest BCUT2D eigenvalue weighted by Crippen LogP contribution is -2.23. The first-order valence-electron chi connectivity index (χ1n) is 8.06. The first kappa shape index (κ1) is 16.2. The summed E-state index contributed by atoms with van der Waals surface area (Å²) in [6.45, 7) is 0.372. The lowest BCUT2D eigenvalue weighted by molar-refractivity contribution is 0.0942. The summed E-state index contributed by atoms with van der Waals surface area (Å²) >= 11 is 1.64. The molecule has 0 unspecified atom stereocenters. The quantitative estimate of drug-likeness (QED) is 0.572. The minimum atomic E-state index is -0.281. The maximum Gasteiger partial charge on any atom is 0.273 e. The third-order valence-electron chi connectivity index (χ3n) is 3.90. The van der Waals surface area contributed by atoms with Gasteiger partial charge in [0.25, 0.3) is 5.91 Å². The zero-order valence-electron chi connectivity index (χ0n) is 13.8. The van der Waals surface area contributed by atoms with E-state index in [0.29, 0.717) is 12.3 Å². The molecule has 0 saturated carbocycles. The SMILES string of the molecule is O=C(NCc1cncc(-c2ccsc2)c1)c1cc(-c2ccccc2)on1. The van der Waals surface area contributed by atoms with Gasteiger partial charge in [0.2, 0.25) is 0 Å². The molecule has 4 aromatic rings. The van der Waals surface area contributed by atoms with Crippen molar-refractivity contribution in [3.8, 4) is 22.5 Å². The standard InChI is InChI=1S/C20H15N3O2S/c24-20(18-9-19(25-23-18)15-4-2-1-3-5-15)22-11-14-8-17(12-21-10-14)16-6-7-26-13-16/h1-10,12-13H,11H2,(H,22,24). The van der Waals surface area contributed by atoms with Gasteiger partial charge in [-0.3, -0.25) is 9.78 Å². The highest BCUT2D eigenvalue weighted by molar-refractivity contribution is 7.08. The molecule has 0 radical (unpaired) electrons. The van der Waals surface area contributed by atoms with E-state index in [9.17, 15) is 4.79 Å². The number of hydrogen-bond donors (Lipinski definition) is 1. The molecule has 5 nitrogen and oxygen atoms in total. The van der Waals surface area contributed by atoms with Crippen molar-refractivity contribution < 1.29 is 9.32 Å². The zero-order chi connectivity index (χ0) is 17.8. The Balaban J connectivity index is 1.43. The Bertz CT molecular complexity index is 1010. The van der Waals surface area contributed by atoms with Crippen LogP contribution in [0, 0.1) is 0 Å². The van der Waals surface area contributed by atoms with Crippen molar-refractivity contribution >= 4 is 17.2 Å². The molecule has 128 valence electrons. The third kappa shape index (κ3) is 3.55. The number of nitrogens with zero attached hydrogens (tertiary/aromatic N) is 2. The van der Waals surface area contributed by atoms with Gasteiger partial charge in [0.05, 0.1) is 0 Å². The van der Waals surface area contributed by atoms with Crippen LogP contribution in [-0.2, 0) is 6.54 Å². The molecule has 0 bridgehead atoms. The molecule has 0 aliphatic carbocycles. The van der Waals surface area contributed by atoms with Gasteiger partial charge in [0.15, 0.2) is 11.5 Å². The van der Waals surface area contributed by atoms with Crippen molar-refractivity contribution in [1.82, 2.24) is 15.5 Å². The number of rotatable bonds is 5. The number of hydrogen-bond acceptors (Lipinski definition) is 5. The smallest absolute Gasteiger partial charge is 0.273 e. The van der Waals surface area contributed by atoms with E-state index in [-0.39, 0.29) is 11.6 Å². The van der Waals surface area contributed by atoms with Crippen LogP contribution in [-0.4, -0.2) is 16.0 Å². The molecule has 0 spiro atoms. The zero-order valence-corrected chi connectivity index (χ0v) is 14.6. The maximum atomic E-state index is 12.3. The van der Waals surface area contributed by atoms with E-state index in [2.05, 4.69) is 20.8 Å². The summed E-state index contributed by atoms with van der Waals surface area (Å²) < 4.78 is 5.27. The monoisotopic (exact) mass is 361 g/mol. The molecule has 3 aromatic heterocycles. The minimum absolute atomic E-state index is 0.255. The first-order chi connectivity index (χ1) is 12.8. The summed E-state index contributed by atoms with van der Waals surface area (Å²) in [6.07, 6.45) is 3.56. The van der Waals surface area contributed by atoms with Crippen molar-refractivity contribution in [1.29, 1.82) is 0 Å². The van der Waals surface area contributed by atoms with E-state index in [0.717, 1.165) is 22.3 Å². The highest BCUT2D eigenvalue weighted by Crippen LogP contribution is 2.22. The summed E-state index contributed by atoms with van der Waals surface area (Å²) in [5, 5.41) is 10.8. The molecule has 0 aliphatic rings. The van der Waals surface area contributed by atoms with Crippen LogP contribution in [0.4, 0.5) is 0 Å². The Morgan fingerprint density at radius 2 is 1.92 bits per heavy atom. The highest BCUT2D eigenvalue weighted by atomic mass is 32.1.